The van der Waals surface area contributed by atoms with Crippen molar-refractivity contribution in [2.24, 2.45) is 0 Å². The largest absolute Gasteiger partial charge is 0.334 e. The van der Waals surface area contributed by atoms with Crippen LogP contribution in [0.25, 0.3) is 0 Å². The summed E-state index contributed by atoms with van der Waals surface area (Å²) in [5.74, 6) is 0. The molecule has 22 heavy (non-hydrogen) atoms. The minimum atomic E-state index is 0.592. The second kappa shape index (κ2) is 10.2. The highest BCUT2D eigenvalue weighted by Gasteiger charge is 2.10. The minimum Gasteiger partial charge on any atom is -0.334 e. The van der Waals surface area contributed by atoms with Gasteiger partial charge in [-0.3, -0.25) is 0 Å². The molecule has 2 rings (SSSR count). The Bertz CT molecular complexity index is 476. The topological polar surface area (TPSA) is 17.8 Å². The molecule has 1 atom stereocenters. The average molecular weight is 298 g/mol. The lowest BCUT2D eigenvalue weighted by atomic mass is 9.99. The highest BCUT2D eigenvalue weighted by molar-refractivity contribution is 5.14. The van der Waals surface area contributed by atoms with E-state index < -0.39 is 0 Å². The predicted octanol–water partition coefficient (Wildman–Crippen LogP) is 5.81. The van der Waals surface area contributed by atoms with Crippen molar-refractivity contribution in [2.75, 3.05) is 0 Å². The van der Waals surface area contributed by atoms with Gasteiger partial charge in [-0.2, -0.15) is 0 Å². The average Bonchev–Trinajstić information content (AvgIpc) is 3.09. The van der Waals surface area contributed by atoms with E-state index in [1.807, 2.05) is 12.5 Å². The molecule has 1 aromatic heterocycles. The molecule has 0 fully saturated rings. The third kappa shape index (κ3) is 6.05. The summed E-state index contributed by atoms with van der Waals surface area (Å²) in [7, 11) is 0. The molecule has 0 N–H and O–H groups in total. The lowest BCUT2D eigenvalue weighted by Gasteiger charge is -2.18. The Kier molecular flexibility index (Phi) is 7.79. The summed E-state index contributed by atoms with van der Waals surface area (Å²) in [6.45, 7) is 2.28. The fraction of sp³-hybridized carbons (Fsp3) is 0.550. The van der Waals surface area contributed by atoms with Crippen molar-refractivity contribution in [1.82, 2.24) is 9.55 Å². The zero-order valence-corrected chi connectivity index (χ0v) is 14.0. The van der Waals surface area contributed by atoms with Crippen LogP contribution in [-0.4, -0.2) is 9.55 Å². The summed E-state index contributed by atoms with van der Waals surface area (Å²) in [6.07, 6.45) is 17.8. The van der Waals surface area contributed by atoms with Crippen LogP contribution in [0, 0.1) is 0 Å². The van der Waals surface area contributed by atoms with E-state index in [0.717, 1.165) is 6.42 Å². The van der Waals surface area contributed by atoms with E-state index in [4.69, 9.17) is 0 Å². The quantitative estimate of drug-likeness (QED) is 0.479. The summed E-state index contributed by atoms with van der Waals surface area (Å²) in [6, 6.07) is 11.4. The van der Waals surface area contributed by atoms with Crippen LogP contribution in [0.2, 0.25) is 0 Å². The molecule has 0 saturated carbocycles. The molecular weight excluding hydrogens is 268 g/mol. The van der Waals surface area contributed by atoms with Crippen LogP contribution in [0.4, 0.5) is 0 Å². The first kappa shape index (κ1) is 16.8. The van der Waals surface area contributed by atoms with Crippen LogP contribution in [-0.2, 0) is 6.42 Å². The van der Waals surface area contributed by atoms with Crippen molar-refractivity contribution >= 4 is 0 Å². The van der Waals surface area contributed by atoms with Crippen LogP contribution < -0.4 is 0 Å². The first-order chi connectivity index (χ1) is 10.9. The molecule has 1 heterocycles. The number of aryl methyl sites for hydroxylation is 1. The van der Waals surface area contributed by atoms with E-state index in [1.165, 1.54) is 56.9 Å². The second-order valence-corrected chi connectivity index (χ2v) is 6.24. The monoisotopic (exact) mass is 298 g/mol. The minimum absolute atomic E-state index is 0.592. The molecule has 0 saturated heterocycles. The molecule has 0 radical (unpaired) electrons. The molecule has 2 heteroatoms. The van der Waals surface area contributed by atoms with E-state index in [9.17, 15) is 0 Å². The maximum Gasteiger partial charge on any atom is 0.0948 e. The van der Waals surface area contributed by atoms with Crippen molar-refractivity contribution < 1.29 is 0 Å². The Hall–Kier alpha value is -1.57. The SMILES string of the molecule is CCCCCCCCC(CCc1ccccc1)n1ccnc1. The Morgan fingerprint density at radius 3 is 2.45 bits per heavy atom. The van der Waals surface area contributed by atoms with E-state index >= 15 is 0 Å². The molecule has 0 aliphatic rings. The van der Waals surface area contributed by atoms with Gasteiger partial charge in [-0.1, -0.05) is 75.8 Å². The molecular formula is C20H30N2. The smallest absolute Gasteiger partial charge is 0.0948 e. The number of aromatic nitrogens is 2. The van der Waals surface area contributed by atoms with Gasteiger partial charge in [0, 0.05) is 18.4 Å². The van der Waals surface area contributed by atoms with E-state index in [-0.39, 0.29) is 0 Å². The van der Waals surface area contributed by atoms with Crippen molar-refractivity contribution in [2.45, 2.75) is 70.8 Å². The van der Waals surface area contributed by atoms with Gasteiger partial charge in [-0.25, -0.2) is 4.98 Å². The molecule has 2 nitrogen and oxygen atoms in total. The Morgan fingerprint density at radius 2 is 1.73 bits per heavy atom. The highest BCUT2D eigenvalue weighted by atomic mass is 15.0. The summed E-state index contributed by atoms with van der Waals surface area (Å²) in [5.41, 5.74) is 1.44. The normalized spacial score (nSPS) is 12.4. The van der Waals surface area contributed by atoms with Gasteiger partial charge in [-0.05, 0) is 24.8 Å². The molecule has 0 amide bonds. The number of hydrogen-bond donors (Lipinski definition) is 0. The molecule has 0 aliphatic carbocycles. The highest BCUT2D eigenvalue weighted by Crippen LogP contribution is 2.22. The van der Waals surface area contributed by atoms with Crippen LogP contribution in [0.15, 0.2) is 49.1 Å². The van der Waals surface area contributed by atoms with Gasteiger partial charge >= 0.3 is 0 Å². The maximum absolute atomic E-state index is 4.23. The van der Waals surface area contributed by atoms with Gasteiger partial charge in [-0.15, -0.1) is 0 Å². The van der Waals surface area contributed by atoms with Gasteiger partial charge in [0.2, 0.25) is 0 Å². The van der Waals surface area contributed by atoms with Gasteiger partial charge in [0.25, 0.3) is 0 Å². The summed E-state index contributed by atoms with van der Waals surface area (Å²) < 4.78 is 2.30. The zero-order chi connectivity index (χ0) is 15.5. The van der Waals surface area contributed by atoms with Gasteiger partial charge in [0.05, 0.1) is 6.33 Å². The lowest BCUT2D eigenvalue weighted by molar-refractivity contribution is 0.412. The summed E-state index contributed by atoms with van der Waals surface area (Å²) in [5, 5.41) is 0. The van der Waals surface area contributed by atoms with Crippen molar-refractivity contribution in [1.29, 1.82) is 0 Å². The summed E-state index contributed by atoms with van der Waals surface area (Å²) >= 11 is 0. The second-order valence-electron chi connectivity index (χ2n) is 6.24. The Balaban J connectivity index is 1.77. The molecule has 1 unspecified atom stereocenters. The Labute approximate surface area is 135 Å². The van der Waals surface area contributed by atoms with E-state index in [0.29, 0.717) is 6.04 Å². The predicted molar refractivity (Wildman–Crippen MR) is 94.0 cm³/mol. The van der Waals surface area contributed by atoms with Crippen LogP contribution in [0.5, 0.6) is 0 Å². The number of unbranched alkanes of at least 4 members (excludes halogenated alkanes) is 5. The Morgan fingerprint density at radius 1 is 0.955 bits per heavy atom. The van der Waals surface area contributed by atoms with E-state index in [1.54, 1.807) is 0 Å². The zero-order valence-electron chi connectivity index (χ0n) is 14.0. The number of nitrogens with zero attached hydrogens (tertiary/aromatic N) is 2. The fourth-order valence-corrected chi connectivity index (χ4v) is 3.07. The molecule has 2 aromatic rings. The van der Waals surface area contributed by atoms with Crippen molar-refractivity contribution in [3.63, 3.8) is 0 Å². The molecule has 0 spiro atoms. The van der Waals surface area contributed by atoms with Crippen LogP contribution >= 0.6 is 0 Å². The van der Waals surface area contributed by atoms with E-state index in [2.05, 4.69) is 53.0 Å². The molecule has 1 aromatic carbocycles. The first-order valence-corrected chi connectivity index (χ1v) is 8.91. The third-order valence-corrected chi connectivity index (χ3v) is 4.45. The van der Waals surface area contributed by atoms with Gasteiger partial charge < -0.3 is 4.57 Å². The third-order valence-electron chi connectivity index (χ3n) is 4.45. The maximum atomic E-state index is 4.23. The van der Waals surface area contributed by atoms with Crippen LogP contribution in [0.3, 0.4) is 0 Å². The molecule has 120 valence electrons. The number of benzene rings is 1. The van der Waals surface area contributed by atoms with Gasteiger partial charge in [0.15, 0.2) is 0 Å². The fourth-order valence-electron chi connectivity index (χ4n) is 3.07. The lowest BCUT2D eigenvalue weighted by Crippen LogP contribution is -2.08. The number of rotatable bonds is 11. The first-order valence-electron chi connectivity index (χ1n) is 8.91. The standard InChI is InChI=1S/C20H30N2/c1-2-3-4-5-6-10-13-20(22-17-16-21-18-22)15-14-19-11-8-7-9-12-19/h7-9,11-12,16-18,20H,2-6,10,13-15H2,1H3. The molecule has 0 aliphatic heterocycles. The number of hydrogen-bond acceptors (Lipinski definition) is 1. The van der Waals surface area contributed by atoms with Crippen molar-refractivity contribution in [3.05, 3.63) is 54.6 Å². The van der Waals surface area contributed by atoms with Gasteiger partial charge in [0.1, 0.15) is 0 Å². The van der Waals surface area contributed by atoms with Crippen molar-refractivity contribution in [3.8, 4) is 0 Å². The summed E-state index contributed by atoms with van der Waals surface area (Å²) in [4.78, 5) is 4.23. The van der Waals surface area contributed by atoms with Crippen LogP contribution in [0.1, 0.15) is 69.9 Å². The molecule has 0 bridgehead atoms. The number of imidazole rings is 1.